The molecule has 1 aliphatic heterocycles. The Morgan fingerprint density at radius 2 is 2.41 bits per heavy atom. The van der Waals surface area contributed by atoms with Crippen LogP contribution in [0.1, 0.15) is 29.1 Å². The van der Waals surface area contributed by atoms with E-state index in [1.807, 2.05) is 34.0 Å². The highest BCUT2D eigenvalue weighted by Gasteiger charge is 2.32. The van der Waals surface area contributed by atoms with E-state index < -0.39 is 0 Å². The molecule has 0 aromatic carbocycles. The second kappa shape index (κ2) is 6.58. The first-order chi connectivity index (χ1) is 10.7. The standard InChI is InChI=1S/C15H20N4O2S/c1-3-19-15-11(10-21-2)8-18(9-13(15)16-17-19)14(20)7-12-5-4-6-22-12/h4-6,11H,3,7-10H2,1-2H3/t11-/m1/s1. The Morgan fingerprint density at radius 1 is 1.55 bits per heavy atom. The van der Waals surface area contributed by atoms with Crippen LogP contribution in [-0.2, 0) is 29.0 Å². The average molecular weight is 320 g/mol. The van der Waals surface area contributed by atoms with Crippen LogP contribution < -0.4 is 0 Å². The fourth-order valence-corrected chi connectivity index (χ4v) is 3.64. The molecule has 1 aliphatic rings. The minimum atomic E-state index is 0.135. The third-order valence-electron chi connectivity index (χ3n) is 3.94. The SMILES string of the molecule is CCn1nnc2c1[C@@H](COC)CN(C(=O)Cc1cccs1)C2. The summed E-state index contributed by atoms with van der Waals surface area (Å²) >= 11 is 1.62. The normalized spacial score (nSPS) is 17.5. The van der Waals surface area contributed by atoms with Gasteiger partial charge in [-0.05, 0) is 18.4 Å². The number of hydrogen-bond donors (Lipinski definition) is 0. The number of nitrogens with zero attached hydrogens (tertiary/aromatic N) is 4. The van der Waals surface area contributed by atoms with Crippen molar-refractivity contribution in [2.24, 2.45) is 0 Å². The Hall–Kier alpha value is -1.73. The molecule has 3 heterocycles. The molecule has 0 saturated heterocycles. The summed E-state index contributed by atoms with van der Waals surface area (Å²) in [4.78, 5) is 15.5. The number of carbonyl (C=O) groups excluding carboxylic acids is 1. The van der Waals surface area contributed by atoms with Crippen LogP contribution in [0.15, 0.2) is 17.5 Å². The number of amides is 1. The Morgan fingerprint density at radius 3 is 3.09 bits per heavy atom. The molecular weight excluding hydrogens is 300 g/mol. The van der Waals surface area contributed by atoms with E-state index in [1.54, 1.807) is 18.4 Å². The predicted octanol–water partition coefficient (Wildman–Crippen LogP) is 1.67. The van der Waals surface area contributed by atoms with Crippen molar-refractivity contribution in [1.82, 2.24) is 19.9 Å². The van der Waals surface area contributed by atoms with Gasteiger partial charge in [-0.1, -0.05) is 11.3 Å². The fourth-order valence-electron chi connectivity index (χ4n) is 2.94. The number of methoxy groups -OCH3 is 1. The maximum absolute atomic E-state index is 12.5. The van der Waals surface area contributed by atoms with Crippen LogP contribution in [0.5, 0.6) is 0 Å². The molecule has 0 fully saturated rings. The Labute approximate surface area is 133 Å². The number of aryl methyl sites for hydroxylation is 1. The van der Waals surface area contributed by atoms with Crippen LogP contribution >= 0.6 is 11.3 Å². The molecule has 0 N–H and O–H groups in total. The number of carbonyl (C=O) groups is 1. The maximum Gasteiger partial charge on any atom is 0.228 e. The van der Waals surface area contributed by atoms with Crippen LogP contribution in [0.25, 0.3) is 0 Å². The topological polar surface area (TPSA) is 60.2 Å². The van der Waals surface area contributed by atoms with Gasteiger partial charge < -0.3 is 9.64 Å². The van der Waals surface area contributed by atoms with Crippen LogP contribution in [0.4, 0.5) is 0 Å². The van der Waals surface area contributed by atoms with Gasteiger partial charge in [0, 0.05) is 31.0 Å². The Balaban J connectivity index is 1.79. The molecule has 0 radical (unpaired) electrons. The molecule has 0 bridgehead atoms. The summed E-state index contributed by atoms with van der Waals surface area (Å²) in [5, 5.41) is 10.4. The number of ether oxygens (including phenoxy) is 1. The van der Waals surface area contributed by atoms with Crippen molar-refractivity contribution in [3.8, 4) is 0 Å². The lowest BCUT2D eigenvalue weighted by molar-refractivity contribution is -0.132. The van der Waals surface area contributed by atoms with Crippen LogP contribution in [0.3, 0.4) is 0 Å². The first-order valence-corrected chi connectivity index (χ1v) is 8.32. The highest BCUT2D eigenvalue weighted by Crippen LogP contribution is 2.28. The monoisotopic (exact) mass is 320 g/mol. The van der Waals surface area contributed by atoms with Gasteiger partial charge in [-0.25, -0.2) is 4.68 Å². The lowest BCUT2D eigenvalue weighted by Gasteiger charge is -2.32. The smallest absolute Gasteiger partial charge is 0.228 e. The van der Waals surface area contributed by atoms with Gasteiger partial charge in [0.05, 0.1) is 25.3 Å². The molecule has 0 aliphatic carbocycles. The molecule has 0 unspecified atom stereocenters. The summed E-state index contributed by atoms with van der Waals surface area (Å²) in [6, 6.07) is 3.97. The van der Waals surface area contributed by atoms with E-state index >= 15 is 0 Å². The molecule has 3 rings (SSSR count). The molecule has 22 heavy (non-hydrogen) atoms. The van der Waals surface area contributed by atoms with Crippen LogP contribution in [-0.4, -0.2) is 46.1 Å². The summed E-state index contributed by atoms with van der Waals surface area (Å²) in [7, 11) is 1.69. The molecule has 1 amide bonds. The third kappa shape index (κ3) is 2.91. The molecule has 118 valence electrons. The fraction of sp³-hybridized carbons (Fsp3) is 0.533. The van der Waals surface area contributed by atoms with E-state index in [0.29, 0.717) is 26.1 Å². The van der Waals surface area contributed by atoms with E-state index in [-0.39, 0.29) is 11.8 Å². The molecule has 2 aromatic heterocycles. The first-order valence-electron chi connectivity index (χ1n) is 7.44. The zero-order chi connectivity index (χ0) is 15.5. The van der Waals surface area contributed by atoms with Crippen molar-refractivity contribution in [2.75, 3.05) is 20.3 Å². The quantitative estimate of drug-likeness (QED) is 0.841. The molecule has 6 nitrogen and oxygen atoms in total. The van der Waals surface area contributed by atoms with Crippen LogP contribution in [0.2, 0.25) is 0 Å². The minimum Gasteiger partial charge on any atom is -0.384 e. The molecule has 1 atom stereocenters. The van der Waals surface area contributed by atoms with Crippen molar-refractivity contribution < 1.29 is 9.53 Å². The van der Waals surface area contributed by atoms with E-state index in [4.69, 9.17) is 4.74 Å². The lowest BCUT2D eigenvalue weighted by atomic mass is 9.98. The second-order valence-corrected chi connectivity index (χ2v) is 6.45. The van der Waals surface area contributed by atoms with E-state index in [0.717, 1.165) is 22.8 Å². The number of aromatic nitrogens is 3. The van der Waals surface area contributed by atoms with Crippen molar-refractivity contribution in [2.45, 2.75) is 32.4 Å². The second-order valence-electron chi connectivity index (χ2n) is 5.42. The number of thiophene rings is 1. The zero-order valence-electron chi connectivity index (χ0n) is 12.9. The number of fused-ring (bicyclic) bond motifs is 1. The van der Waals surface area contributed by atoms with E-state index in [2.05, 4.69) is 10.3 Å². The zero-order valence-corrected chi connectivity index (χ0v) is 13.7. The molecular formula is C15H20N4O2S. The average Bonchev–Trinajstić information content (AvgIpc) is 3.16. The first kappa shape index (κ1) is 15.2. The van der Waals surface area contributed by atoms with E-state index in [1.165, 1.54) is 0 Å². The number of hydrogen-bond acceptors (Lipinski definition) is 5. The van der Waals surface area contributed by atoms with Gasteiger partial charge in [-0.2, -0.15) is 0 Å². The highest BCUT2D eigenvalue weighted by molar-refractivity contribution is 7.10. The van der Waals surface area contributed by atoms with Gasteiger partial charge >= 0.3 is 0 Å². The van der Waals surface area contributed by atoms with Gasteiger partial charge in [0.15, 0.2) is 0 Å². The van der Waals surface area contributed by atoms with Gasteiger partial charge in [0.2, 0.25) is 5.91 Å². The maximum atomic E-state index is 12.5. The van der Waals surface area contributed by atoms with Crippen molar-refractivity contribution in [3.05, 3.63) is 33.8 Å². The third-order valence-corrected chi connectivity index (χ3v) is 4.82. The summed E-state index contributed by atoms with van der Waals surface area (Å²) < 4.78 is 7.25. The minimum absolute atomic E-state index is 0.135. The van der Waals surface area contributed by atoms with E-state index in [9.17, 15) is 4.79 Å². The largest absolute Gasteiger partial charge is 0.384 e. The molecule has 0 spiro atoms. The summed E-state index contributed by atoms with van der Waals surface area (Å²) in [6.07, 6.45) is 0.453. The number of rotatable bonds is 5. The molecule has 2 aromatic rings. The van der Waals surface area contributed by atoms with Crippen molar-refractivity contribution in [3.63, 3.8) is 0 Å². The Kier molecular flexibility index (Phi) is 4.54. The predicted molar refractivity (Wildman–Crippen MR) is 83.8 cm³/mol. The van der Waals surface area contributed by atoms with Gasteiger partial charge in [-0.3, -0.25) is 4.79 Å². The highest BCUT2D eigenvalue weighted by atomic mass is 32.1. The van der Waals surface area contributed by atoms with Gasteiger partial charge in [-0.15, -0.1) is 16.4 Å². The van der Waals surface area contributed by atoms with Gasteiger partial charge in [0.1, 0.15) is 5.69 Å². The lowest BCUT2D eigenvalue weighted by Crippen LogP contribution is -2.40. The molecule has 0 saturated carbocycles. The summed E-state index contributed by atoms with van der Waals surface area (Å²) in [6.45, 7) is 4.61. The van der Waals surface area contributed by atoms with Crippen molar-refractivity contribution in [1.29, 1.82) is 0 Å². The Bertz CT molecular complexity index is 638. The molecule has 7 heteroatoms. The summed E-state index contributed by atoms with van der Waals surface area (Å²) in [5.41, 5.74) is 2.01. The summed E-state index contributed by atoms with van der Waals surface area (Å²) in [5.74, 6) is 0.274. The van der Waals surface area contributed by atoms with Gasteiger partial charge in [0.25, 0.3) is 0 Å². The van der Waals surface area contributed by atoms with Crippen molar-refractivity contribution >= 4 is 17.2 Å². The van der Waals surface area contributed by atoms with Crippen LogP contribution in [0, 0.1) is 0 Å².